The minimum Gasteiger partial charge on any atom is -0.307 e. The lowest BCUT2D eigenvalue weighted by Crippen LogP contribution is -2.39. The number of nitrogens with one attached hydrogen (secondary N) is 1. The number of benzene rings is 1. The van der Waals surface area contributed by atoms with Crippen molar-refractivity contribution in [3.8, 4) is 6.07 Å². The predicted molar refractivity (Wildman–Crippen MR) is 114 cm³/mol. The van der Waals surface area contributed by atoms with E-state index >= 15 is 0 Å². The standard InChI is InChI=1S/C20H24ClN5O3S/c1-14-5-3-9-25(13-14)30(28,29)18-12-16(6-7-17(18)21)20(27)23-19-11-15(2)24-26(19)10-4-8-22/h6-7,11-12,14H,3-5,9-10,13H2,1-2H3,(H,23,27). The fourth-order valence-corrected chi connectivity index (χ4v) is 5.61. The van der Waals surface area contributed by atoms with E-state index in [0.717, 1.165) is 12.8 Å². The number of anilines is 1. The third-order valence-electron chi connectivity index (χ3n) is 5.01. The van der Waals surface area contributed by atoms with E-state index < -0.39 is 15.9 Å². The molecule has 0 bridgehead atoms. The molecule has 1 fully saturated rings. The number of carbonyl (C=O) groups is 1. The monoisotopic (exact) mass is 449 g/mol. The van der Waals surface area contributed by atoms with Gasteiger partial charge in [-0.05, 0) is 43.9 Å². The predicted octanol–water partition coefficient (Wildman–Crippen LogP) is 3.43. The molecule has 2 heterocycles. The number of hydrogen-bond donors (Lipinski definition) is 1. The van der Waals surface area contributed by atoms with Gasteiger partial charge < -0.3 is 5.32 Å². The molecule has 1 saturated heterocycles. The van der Waals surface area contributed by atoms with Crippen molar-refractivity contribution in [3.05, 3.63) is 40.5 Å². The molecular weight excluding hydrogens is 426 g/mol. The van der Waals surface area contributed by atoms with Gasteiger partial charge in [0.1, 0.15) is 10.7 Å². The zero-order valence-corrected chi connectivity index (χ0v) is 18.5. The van der Waals surface area contributed by atoms with Crippen LogP contribution in [0.3, 0.4) is 0 Å². The highest BCUT2D eigenvalue weighted by molar-refractivity contribution is 7.89. The molecule has 1 aliphatic heterocycles. The highest BCUT2D eigenvalue weighted by atomic mass is 35.5. The van der Waals surface area contributed by atoms with Crippen LogP contribution >= 0.6 is 11.6 Å². The van der Waals surface area contributed by atoms with Crippen LogP contribution in [0.4, 0.5) is 5.82 Å². The Kier molecular flexibility index (Phi) is 6.81. The Morgan fingerprint density at radius 1 is 1.40 bits per heavy atom. The molecule has 3 rings (SSSR count). The van der Waals surface area contributed by atoms with Gasteiger partial charge in [-0.25, -0.2) is 13.1 Å². The first kappa shape index (κ1) is 22.3. The van der Waals surface area contributed by atoms with Gasteiger partial charge in [0.05, 0.1) is 29.8 Å². The number of hydrogen-bond acceptors (Lipinski definition) is 5. The average molecular weight is 450 g/mol. The van der Waals surface area contributed by atoms with Crippen LogP contribution in [0.25, 0.3) is 0 Å². The molecule has 1 aliphatic rings. The van der Waals surface area contributed by atoms with E-state index in [0.29, 0.717) is 31.1 Å². The first-order chi connectivity index (χ1) is 14.2. The number of nitriles is 1. The highest BCUT2D eigenvalue weighted by Gasteiger charge is 2.31. The van der Waals surface area contributed by atoms with Crippen molar-refractivity contribution in [2.45, 2.75) is 44.6 Å². The molecule has 1 amide bonds. The van der Waals surface area contributed by atoms with Gasteiger partial charge in [-0.2, -0.15) is 14.7 Å². The molecule has 1 aromatic carbocycles. The fourth-order valence-electron chi connectivity index (χ4n) is 3.51. The maximum absolute atomic E-state index is 13.1. The van der Waals surface area contributed by atoms with Crippen molar-refractivity contribution in [2.75, 3.05) is 18.4 Å². The van der Waals surface area contributed by atoms with Gasteiger partial charge in [0.2, 0.25) is 10.0 Å². The van der Waals surface area contributed by atoms with Crippen LogP contribution in [0.1, 0.15) is 42.2 Å². The Bertz CT molecular complexity index is 1090. The molecule has 10 heteroatoms. The zero-order chi connectivity index (χ0) is 21.9. The topological polar surface area (TPSA) is 108 Å². The molecule has 1 aromatic heterocycles. The highest BCUT2D eigenvalue weighted by Crippen LogP contribution is 2.29. The summed E-state index contributed by atoms with van der Waals surface area (Å²) in [6.07, 6.45) is 2.03. The largest absolute Gasteiger partial charge is 0.307 e. The molecule has 1 atom stereocenters. The van der Waals surface area contributed by atoms with Gasteiger partial charge in [0.25, 0.3) is 5.91 Å². The summed E-state index contributed by atoms with van der Waals surface area (Å²) in [6, 6.07) is 7.96. The second kappa shape index (κ2) is 9.16. The summed E-state index contributed by atoms with van der Waals surface area (Å²) in [5.41, 5.74) is 0.871. The lowest BCUT2D eigenvalue weighted by Gasteiger charge is -2.30. The Morgan fingerprint density at radius 2 is 2.17 bits per heavy atom. The van der Waals surface area contributed by atoms with E-state index in [4.69, 9.17) is 16.9 Å². The van der Waals surface area contributed by atoms with Crippen LogP contribution in [0.5, 0.6) is 0 Å². The molecule has 8 nitrogen and oxygen atoms in total. The van der Waals surface area contributed by atoms with E-state index in [1.54, 1.807) is 17.7 Å². The Labute approximate surface area is 181 Å². The van der Waals surface area contributed by atoms with Crippen LogP contribution < -0.4 is 5.32 Å². The smallest absolute Gasteiger partial charge is 0.256 e. The number of carbonyl (C=O) groups excluding carboxylic acids is 1. The Morgan fingerprint density at radius 3 is 2.87 bits per heavy atom. The van der Waals surface area contributed by atoms with Crippen LogP contribution in [-0.4, -0.2) is 41.5 Å². The van der Waals surface area contributed by atoms with E-state index in [9.17, 15) is 13.2 Å². The number of piperidine rings is 1. The Balaban J connectivity index is 1.86. The number of aromatic nitrogens is 2. The number of halogens is 1. The second-order valence-corrected chi connectivity index (χ2v) is 9.83. The maximum Gasteiger partial charge on any atom is 0.256 e. The minimum absolute atomic E-state index is 0.0694. The first-order valence-corrected chi connectivity index (χ1v) is 11.6. The third kappa shape index (κ3) is 4.83. The summed E-state index contributed by atoms with van der Waals surface area (Å²) in [5.74, 6) is 0.237. The van der Waals surface area contributed by atoms with Gasteiger partial charge in [0.15, 0.2) is 0 Å². The van der Waals surface area contributed by atoms with Crippen molar-refractivity contribution in [1.29, 1.82) is 5.26 Å². The molecule has 1 N–H and O–H groups in total. The van der Waals surface area contributed by atoms with E-state index in [1.807, 2.05) is 13.0 Å². The fraction of sp³-hybridized carbons (Fsp3) is 0.450. The number of aryl methyl sites for hydroxylation is 2. The molecule has 0 saturated carbocycles. The number of sulfonamides is 1. The molecule has 30 heavy (non-hydrogen) atoms. The molecule has 2 aromatic rings. The summed E-state index contributed by atoms with van der Waals surface area (Å²) in [7, 11) is -3.80. The first-order valence-electron chi connectivity index (χ1n) is 9.75. The van der Waals surface area contributed by atoms with Gasteiger partial charge in [-0.1, -0.05) is 18.5 Å². The van der Waals surface area contributed by atoms with Gasteiger partial charge in [0, 0.05) is 24.7 Å². The van der Waals surface area contributed by atoms with Gasteiger partial charge in [-0.3, -0.25) is 4.79 Å². The van der Waals surface area contributed by atoms with Gasteiger partial charge in [-0.15, -0.1) is 0 Å². The number of nitrogens with zero attached hydrogens (tertiary/aromatic N) is 4. The molecule has 0 aliphatic carbocycles. The maximum atomic E-state index is 13.1. The molecule has 0 radical (unpaired) electrons. The normalized spacial score (nSPS) is 17.5. The summed E-state index contributed by atoms with van der Waals surface area (Å²) in [4.78, 5) is 12.7. The number of rotatable bonds is 6. The van der Waals surface area contributed by atoms with Gasteiger partial charge >= 0.3 is 0 Å². The molecule has 160 valence electrons. The summed E-state index contributed by atoms with van der Waals surface area (Å²) in [6.45, 7) is 5.02. The SMILES string of the molecule is Cc1cc(NC(=O)c2ccc(Cl)c(S(=O)(=O)N3CCCC(C)C3)c2)n(CCC#N)n1. The lowest BCUT2D eigenvalue weighted by molar-refractivity contribution is 0.102. The lowest BCUT2D eigenvalue weighted by atomic mass is 10.0. The number of amides is 1. The quantitative estimate of drug-likeness (QED) is 0.726. The summed E-state index contributed by atoms with van der Waals surface area (Å²) in [5, 5.41) is 15.9. The summed E-state index contributed by atoms with van der Waals surface area (Å²) >= 11 is 6.20. The third-order valence-corrected chi connectivity index (χ3v) is 7.36. The molecule has 1 unspecified atom stereocenters. The van der Waals surface area contributed by atoms with E-state index in [2.05, 4.69) is 10.4 Å². The van der Waals surface area contributed by atoms with E-state index in [1.165, 1.54) is 22.5 Å². The molecular formula is C20H24ClN5O3S. The van der Waals surface area contributed by atoms with Crippen molar-refractivity contribution in [2.24, 2.45) is 5.92 Å². The average Bonchev–Trinajstić information content (AvgIpc) is 3.05. The molecule has 0 spiro atoms. The van der Waals surface area contributed by atoms with Crippen LogP contribution in [0.2, 0.25) is 5.02 Å². The van der Waals surface area contributed by atoms with Crippen LogP contribution in [-0.2, 0) is 16.6 Å². The van der Waals surface area contributed by atoms with Crippen molar-refractivity contribution < 1.29 is 13.2 Å². The van der Waals surface area contributed by atoms with Crippen molar-refractivity contribution in [1.82, 2.24) is 14.1 Å². The van der Waals surface area contributed by atoms with E-state index in [-0.39, 0.29) is 27.8 Å². The summed E-state index contributed by atoms with van der Waals surface area (Å²) < 4.78 is 29.2. The minimum atomic E-state index is -3.80. The van der Waals surface area contributed by atoms with Crippen LogP contribution in [0, 0.1) is 24.2 Å². The van der Waals surface area contributed by atoms with Crippen molar-refractivity contribution in [3.63, 3.8) is 0 Å². The van der Waals surface area contributed by atoms with Crippen LogP contribution in [0.15, 0.2) is 29.2 Å². The zero-order valence-electron chi connectivity index (χ0n) is 16.9. The Hall–Kier alpha value is -2.41. The second-order valence-electron chi connectivity index (χ2n) is 7.51. The van der Waals surface area contributed by atoms with Crippen molar-refractivity contribution >= 4 is 33.3 Å².